The molecule has 80 valence electrons. The number of Topliss-reactive ketones (excluding diaryl/α,β-unsaturated/α-hetero) is 1. The molecule has 2 aromatic rings. The Hall–Kier alpha value is -1.93. The summed E-state index contributed by atoms with van der Waals surface area (Å²) in [6, 6.07) is 17.9. The van der Waals surface area contributed by atoms with Crippen molar-refractivity contribution in [2.24, 2.45) is 5.73 Å². The molecule has 0 amide bonds. The van der Waals surface area contributed by atoms with E-state index < -0.39 is 6.04 Å². The first-order valence-corrected chi connectivity index (χ1v) is 5.19. The molecule has 16 heavy (non-hydrogen) atoms. The van der Waals surface area contributed by atoms with E-state index in [0.29, 0.717) is 5.56 Å². The zero-order valence-electron chi connectivity index (χ0n) is 8.84. The fourth-order valence-electron chi connectivity index (χ4n) is 1.59. The standard InChI is InChI=1S/C14H13NO/c15-13(11-7-3-1-4-8-11)14(16)12-9-5-2-6-10-12/h1-10,13H,15H2/t13-/m1/s1. The van der Waals surface area contributed by atoms with Crippen LogP contribution in [0.1, 0.15) is 22.0 Å². The molecule has 0 saturated carbocycles. The molecule has 0 unspecified atom stereocenters. The summed E-state index contributed by atoms with van der Waals surface area (Å²) in [5, 5.41) is 0. The maximum Gasteiger partial charge on any atom is 0.184 e. The average molecular weight is 211 g/mol. The topological polar surface area (TPSA) is 43.1 Å². The molecule has 2 aromatic carbocycles. The first-order chi connectivity index (χ1) is 7.79. The lowest BCUT2D eigenvalue weighted by Gasteiger charge is -2.10. The Balaban J connectivity index is 2.24. The highest BCUT2D eigenvalue weighted by Gasteiger charge is 2.16. The molecule has 0 saturated heterocycles. The minimum atomic E-state index is -0.580. The fourth-order valence-corrected chi connectivity index (χ4v) is 1.59. The molecular formula is C14H13NO. The number of rotatable bonds is 3. The Labute approximate surface area is 94.7 Å². The maximum atomic E-state index is 12.0. The van der Waals surface area contributed by atoms with Crippen LogP contribution in [0.2, 0.25) is 0 Å². The molecule has 0 aromatic heterocycles. The molecule has 0 radical (unpaired) electrons. The SMILES string of the molecule is N[C@@H](C(=O)c1ccccc1)c1ccccc1. The number of carbonyl (C=O) groups is 1. The third-order valence-corrected chi connectivity index (χ3v) is 2.50. The van der Waals surface area contributed by atoms with Gasteiger partial charge in [0.25, 0.3) is 0 Å². The van der Waals surface area contributed by atoms with E-state index in [1.807, 2.05) is 48.5 Å². The molecule has 2 nitrogen and oxygen atoms in total. The number of hydrogen-bond acceptors (Lipinski definition) is 2. The van der Waals surface area contributed by atoms with Crippen molar-refractivity contribution in [1.82, 2.24) is 0 Å². The molecule has 0 spiro atoms. The van der Waals surface area contributed by atoms with E-state index in [4.69, 9.17) is 5.73 Å². The van der Waals surface area contributed by atoms with Gasteiger partial charge in [0.05, 0.1) is 6.04 Å². The molecule has 0 bridgehead atoms. The second-order valence-corrected chi connectivity index (χ2v) is 3.62. The quantitative estimate of drug-likeness (QED) is 0.793. The third-order valence-electron chi connectivity index (χ3n) is 2.50. The maximum absolute atomic E-state index is 12.0. The van der Waals surface area contributed by atoms with Crippen molar-refractivity contribution in [3.63, 3.8) is 0 Å². The van der Waals surface area contributed by atoms with Gasteiger partial charge in [-0.2, -0.15) is 0 Å². The Morgan fingerprint density at radius 1 is 0.875 bits per heavy atom. The summed E-state index contributed by atoms with van der Waals surface area (Å²) in [6.45, 7) is 0. The number of carbonyl (C=O) groups excluding carboxylic acids is 1. The molecule has 0 aliphatic rings. The van der Waals surface area contributed by atoms with Crippen molar-refractivity contribution < 1.29 is 4.79 Å². The lowest BCUT2D eigenvalue weighted by Crippen LogP contribution is -2.21. The summed E-state index contributed by atoms with van der Waals surface area (Å²) >= 11 is 0. The summed E-state index contributed by atoms with van der Waals surface area (Å²) in [4.78, 5) is 12.0. The van der Waals surface area contributed by atoms with E-state index in [1.165, 1.54) is 0 Å². The number of benzene rings is 2. The number of nitrogens with two attached hydrogens (primary N) is 1. The zero-order valence-corrected chi connectivity index (χ0v) is 8.84. The first-order valence-electron chi connectivity index (χ1n) is 5.19. The van der Waals surface area contributed by atoms with Crippen LogP contribution in [-0.2, 0) is 0 Å². The smallest absolute Gasteiger partial charge is 0.184 e. The van der Waals surface area contributed by atoms with E-state index in [1.54, 1.807) is 12.1 Å². The van der Waals surface area contributed by atoms with E-state index in [2.05, 4.69) is 0 Å². The lowest BCUT2D eigenvalue weighted by atomic mass is 9.98. The van der Waals surface area contributed by atoms with Crippen molar-refractivity contribution in [3.05, 3.63) is 71.8 Å². The molecule has 0 aliphatic carbocycles. The van der Waals surface area contributed by atoms with Crippen LogP contribution in [0, 0.1) is 0 Å². The van der Waals surface area contributed by atoms with Gasteiger partial charge in [0.15, 0.2) is 5.78 Å². The Kier molecular flexibility index (Phi) is 3.13. The summed E-state index contributed by atoms with van der Waals surface area (Å²) < 4.78 is 0. The van der Waals surface area contributed by atoms with Crippen LogP contribution >= 0.6 is 0 Å². The second-order valence-electron chi connectivity index (χ2n) is 3.62. The van der Waals surface area contributed by atoms with Gasteiger partial charge in [-0.1, -0.05) is 60.7 Å². The van der Waals surface area contributed by atoms with Gasteiger partial charge >= 0.3 is 0 Å². The molecule has 0 heterocycles. The third kappa shape index (κ3) is 2.18. The molecule has 0 fully saturated rings. The van der Waals surface area contributed by atoms with Crippen molar-refractivity contribution in [1.29, 1.82) is 0 Å². The number of hydrogen-bond donors (Lipinski definition) is 1. The van der Waals surface area contributed by atoms with Crippen LogP contribution in [0.15, 0.2) is 60.7 Å². The van der Waals surface area contributed by atoms with Crippen LogP contribution in [-0.4, -0.2) is 5.78 Å². The van der Waals surface area contributed by atoms with E-state index in [0.717, 1.165) is 5.56 Å². The van der Waals surface area contributed by atoms with E-state index in [-0.39, 0.29) is 5.78 Å². The van der Waals surface area contributed by atoms with Crippen LogP contribution < -0.4 is 5.73 Å². The van der Waals surface area contributed by atoms with Crippen molar-refractivity contribution in [3.8, 4) is 0 Å². The van der Waals surface area contributed by atoms with Crippen LogP contribution in [0.25, 0.3) is 0 Å². The zero-order chi connectivity index (χ0) is 11.4. The van der Waals surface area contributed by atoms with Crippen LogP contribution in [0.5, 0.6) is 0 Å². The van der Waals surface area contributed by atoms with Gasteiger partial charge in [0.1, 0.15) is 0 Å². The van der Waals surface area contributed by atoms with Crippen LogP contribution in [0.3, 0.4) is 0 Å². The van der Waals surface area contributed by atoms with E-state index in [9.17, 15) is 4.79 Å². The molecular weight excluding hydrogens is 198 g/mol. The van der Waals surface area contributed by atoms with Crippen molar-refractivity contribution in [2.75, 3.05) is 0 Å². The molecule has 0 aliphatic heterocycles. The Morgan fingerprint density at radius 2 is 1.38 bits per heavy atom. The first kappa shape index (κ1) is 10.6. The highest BCUT2D eigenvalue weighted by Crippen LogP contribution is 2.15. The summed E-state index contributed by atoms with van der Waals surface area (Å²) in [5.74, 6) is -0.0493. The van der Waals surface area contributed by atoms with Gasteiger partial charge in [-0.05, 0) is 5.56 Å². The van der Waals surface area contributed by atoms with Gasteiger partial charge in [-0.25, -0.2) is 0 Å². The normalized spacial score (nSPS) is 12.1. The molecule has 2 rings (SSSR count). The van der Waals surface area contributed by atoms with Crippen LogP contribution in [0.4, 0.5) is 0 Å². The summed E-state index contributed by atoms with van der Waals surface area (Å²) in [6.07, 6.45) is 0. The van der Waals surface area contributed by atoms with Gasteiger partial charge in [0.2, 0.25) is 0 Å². The molecule has 1 atom stereocenters. The monoisotopic (exact) mass is 211 g/mol. The summed E-state index contributed by atoms with van der Waals surface area (Å²) in [7, 11) is 0. The van der Waals surface area contributed by atoms with Gasteiger partial charge in [-0.3, -0.25) is 4.79 Å². The predicted octanol–water partition coefficient (Wildman–Crippen LogP) is 2.57. The largest absolute Gasteiger partial charge is 0.318 e. The van der Waals surface area contributed by atoms with Gasteiger partial charge in [-0.15, -0.1) is 0 Å². The predicted molar refractivity (Wildman–Crippen MR) is 64.1 cm³/mol. The van der Waals surface area contributed by atoms with Crippen molar-refractivity contribution >= 4 is 5.78 Å². The minimum absolute atomic E-state index is 0.0493. The van der Waals surface area contributed by atoms with Gasteiger partial charge in [0, 0.05) is 5.56 Å². The Morgan fingerprint density at radius 3 is 1.94 bits per heavy atom. The fraction of sp³-hybridized carbons (Fsp3) is 0.0714. The number of ketones is 1. The van der Waals surface area contributed by atoms with E-state index >= 15 is 0 Å². The highest BCUT2D eigenvalue weighted by atomic mass is 16.1. The average Bonchev–Trinajstić information content (AvgIpc) is 2.39. The molecule has 2 heteroatoms. The molecule has 2 N–H and O–H groups in total. The van der Waals surface area contributed by atoms with Crippen molar-refractivity contribution in [2.45, 2.75) is 6.04 Å². The highest BCUT2D eigenvalue weighted by molar-refractivity contribution is 6.00. The Bertz CT molecular complexity index is 465. The second kappa shape index (κ2) is 4.73. The lowest BCUT2D eigenvalue weighted by molar-refractivity contribution is 0.0961. The summed E-state index contributed by atoms with van der Waals surface area (Å²) in [5.41, 5.74) is 7.42. The van der Waals surface area contributed by atoms with Gasteiger partial charge < -0.3 is 5.73 Å². The minimum Gasteiger partial charge on any atom is -0.318 e.